The quantitative estimate of drug-likeness (QED) is 0.471. The van der Waals surface area contributed by atoms with Crippen LogP contribution in [-0.4, -0.2) is 17.4 Å². The molecule has 0 aliphatic heterocycles. The van der Waals surface area contributed by atoms with Gasteiger partial charge in [-0.3, -0.25) is 14.9 Å². The van der Waals surface area contributed by atoms with Crippen LogP contribution in [0.2, 0.25) is 0 Å². The fourth-order valence-corrected chi connectivity index (χ4v) is 1.75. The maximum absolute atomic E-state index is 11.8. The highest BCUT2D eigenvalue weighted by molar-refractivity contribution is 5.99. The highest BCUT2D eigenvalue weighted by Gasteiger charge is 2.21. The van der Waals surface area contributed by atoms with Gasteiger partial charge in [-0.05, 0) is 18.4 Å². The van der Waals surface area contributed by atoms with E-state index in [1.807, 2.05) is 0 Å². The Kier molecular flexibility index (Phi) is 3.45. The second-order valence-electron chi connectivity index (χ2n) is 4.52. The van der Waals surface area contributed by atoms with Crippen LogP contribution in [0.15, 0.2) is 18.2 Å². The Balaban J connectivity index is 2.02. The van der Waals surface area contributed by atoms with E-state index < -0.39 is 4.92 Å². The molecule has 0 atom stereocenters. The van der Waals surface area contributed by atoms with Gasteiger partial charge < -0.3 is 11.1 Å². The van der Waals surface area contributed by atoms with E-state index in [2.05, 4.69) is 5.32 Å². The number of hydrogen-bond donors (Lipinski definition) is 2. The maximum atomic E-state index is 11.8. The summed E-state index contributed by atoms with van der Waals surface area (Å²) in [6.07, 6.45) is 3.42. The topological polar surface area (TPSA) is 98.3 Å². The standard InChI is InChI=1S/C12H15N3O3/c13-11-4-3-9(15(17)18)7-10(11)12(16)14-6-5-8-1-2-8/h3-4,7-8H,1-2,5-6,13H2,(H,14,16). The molecule has 0 radical (unpaired) electrons. The molecule has 1 fully saturated rings. The molecule has 1 aliphatic rings. The third-order valence-electron chi connectivity index (χ3n) is 3.03. The molecule has 1 aromatic rings. The molecule has 0 heterocycles. The van der Waals surface area contributed by atoms with Crippen molar-refractivity contribution in [2.45, 2.75) is 19.3 Å². The number of nitrogen functional groups attached to an aromatic ring is 1. The van der Waals surface area contributed by atoms with Crippen molar-refractivity contribution in [1.82, 2.24) is 5.32 Å². The number of nitrogens with one attached hydrogen (secondary N) is 1. The van der Waals surface area contributed by atoms with Crippen LogP contribution in [0.4, 0.5) is 11.4 Å². The lowest BCUT2D eigenvalue weighted by Crippen LogP contribution is -2.25. The first-order valence-electron chi connectivity index (χ1n) is 5.90. The van der Waals surface area contributed by atoms with Crippen LogP contribution in [-0.2, 0) is 0 Å². The molecule has 0 unspecified atom stereocenters. The number of nitro benzene ring substituents is 1. The van der Waals surface area contributed by atoms with Crippen LogP contribution in [0.25, 0.3) is 0 Å². The molecule has 0 saturated heterocycles. The Morgan fingerprint density at radius 1 is 1.50 bits per heavy atom. The summed E-state index contributed by atoms with van der Waals surface area (Å²) in [5.74, 6) is 0.379. The Morgan fingerprint density at radius 2 is 2.22 bits per heavy atom. The van der Waals surface area contributed by atoms with Crippen molar-refractivity contribution >= 4 is 17.3 Å². The maximum Gasteiger partial charge on any atom is 0.270 e. The highest BCUT2D eigenvalue weighted by atomic mass is 16.6. The molecular weight excluding hydrogens is 234 g/mol. The third kappa shape index (κ3) is 2.97. The number of carbonyl (C=O) groups is 1. The first-order chi connectivity index (χ1) is 8.58. The highest BCUT2D eigenvalue weighted by Crippen LogP contribution is 2.31. The van der Waals surface area contributed by atoms with Crippen molar-refractivity contribution in [2.75, 3.05) is 12.3 Å². The van der Waals surface area contributed by atoms with E-state index in [-0.39, 0.29) is 22.8 Å². The number of hydrogen-bond acceptors (Lipinski definition) is 4. The molecule has 96 valence electrons. The number of benzene rings is 1. The van der Waals surface area contributed by atoms with Gasteiger partial charge in [0, 0.05) is 24.4 Å². The van der Waals surface area contributed by atoms with Gasteiger partial charge in [0.1, 0.15) is 0 Å². The largest absolute Gasteiger partial charge is 0.398 e. The van der Waals surface area contributed by atoms with Gasteiger partial charge in [0.15, 0.2) is 0 Å². The molecule has 0 aromatic heterocycles. The molecule has 1 aliphatic carbocycles. The van der Waals surface area contributed by atoms with Gasteiger partial charge in [-0.25, -0.2) is 0 Å². The summed E-state index contributed by atoms with van der Waals surface area (Å²) in [5.41, 5.74) is 5.94. The first kappa shape index (κ1) is 12.3. The number of nitro groups is 1. The minimum Gasteiger partial charge on any atom is -0.398 e. The lowest BCUT2D eigenvalue weighted by Gasteiger charge is -2.06. The summed E-state index contributed by atoms with van der Waals surface area (Å²) in [6, 6.07) is 3.88. The fraction of sp³-hybridized carbons (Fsp3) is 0.417. The van der Waals surface area contributed by atoms with Crippen LogP contribution in [0.1, 0.15) is 29.6 Å². The zero-order chi connectivity index (χ0) is 13.1. The molecule has 1 saturated carbocycles. The predicted molar refractivity (Wildman–Crippen MR) is 67.2 cm³/mol. The van der Waals surface area contributed by atoms with Gasteiger partial charge in [-0.1, -0.05) is 12.8 Å². The number of anilines is 1. The second kappa shape index (κ2) is 5.03. The number of nitrogens with zero attached hydrogens (tertiary/aromatic N) is 1. The van der Waals surface area contributed by atoms with Crippen LogP contribution >= 0.6 is 0 Å². The first-order valence-corrected chi connectivity index (χ1v) is 5.90. The van der Waals surface area contributed by atoms with Gasteiger partial charge in [0.2, 0.25) is 0 Å². The summed E-state index contributed by atoms with van der Waals surface area (Å²) in [4.78, 5) is 21.9. The van der Waals surface area contributed by atoms with E-state index in [0.29, 0.717) is 6.54 Å². The van der Waals surface area contributed by atoms with E-state index in [9.17, 15) is 14.9 Å². The number of non-ortho nitro benzene ring substituents is 1. The molecule has 1 aromatic carbocycles. The zero-order valence-electron chi connectivity index (χ0n) is 9.89. The number of amides is 1. The van der Waals surface area contributed by atoms with Gasteiger partial charge in [0.05, 0.1) is 10.5 Å². The Bertz CT molecular complexity index is 483. The van der Waals surface area contributed by atoms with E-state index in [1.54, 1.807) is 0 Å². The average molecular weight is 249 g/mol. The molecule has 0 bridgehead atoms. The zero-order valence-corrected chi connectivity index (χ0v) is 9.89. The normalized spacial score (nSPS) is 14.2. The lowest BCUT2D eigenvalue weighted by molar-refractivity contribution is -0.384. The van der Waals surface area contributed by atoms with E-state index in [1.165, 1.54) is 31.0 Å². The van der Waals surface area contributed by atoms with Crippen LogP contribution in [0, 0.1) is 16.0 Å². The number of carbonyl (C=O) groups excluding carboxylic acids is 1. The van der Waals surface area contributed by atoms with Crippen molar-refractivity contribution in [1.29, 1.82) is 0 Å². The molecule has 2 rings (SSSR count). The Labute approximate surface area is 104 Å². The minimum atomic E-state index is -0.541. The van der Waals surface area contributed by atoms with Crippen LogP contribution in [0.5, 0.6) is 0 Å². The molecule has 6 nitrogen and oxygen atoms in total. The van der Waals surface area contributed by atoms with Gasteiger partial charge in [-0.2, -0.15) is 0 Å². The van der Waals surface area contributed by atoms with Gasteiger partial charge in [-0.15, -0.1) is 0 Å². The Morgan fingerprint density at radius 3 is 2.83 bits per heavy atom. The van der Waals surface area contributed by atoms with Gasteiger partial charge >= 0.3 is 0 Å². The third-order valence-corrected chi connectivity index (χ3v) is 3.03. The van der Waals surface area contributed by atoms with Crippen LogP contribution < -0.4 is 11.1 Å². The summed E-state index contributed by atoms with van der Waals surface area (Å²) in [7, 11) is 0. The van der Waals surface area contributed by atoms with Crippen molar-refractivity contribution in [3.05, 3.63) is 33.9 Å². The van der Waals surface area contributed by atoms with Crippen molar-refractivity contribution in [2.24, 2.45) is 5.92 Å². The van der Waals surface area contributed by atoms with Crippen molar-refractivity contribution < 1.29 is 9.72 Å². The smallest absolute Gasteiger partial charge is 0.270 e. The Hall–Kier alpha value is -2.11. The fourth-order valence-electron chi connectivity index (χ4n) is 1.75. The van der Waals surface area contributed by atoms with Crippen molar-refractivity contribution in [3.8, 4) is 0 Å². The summed E-state index contributed by atoms with van der Waals surface area (Å²) < 4.78 is 0. The molecule has 0 spiro atoms. The van der Waals surface area contributed by atoms with E-state index >= 15 is 0 Å². The van der Waals surface area contributed by atoms with E-state index in [0.717, 1.165) is 12.3 Å². The molecule has 6 heteroatoms. The minimum absolute atomic E-state index is 0.128. The number of nitrogens with two attached hydrogens (primary N) is 1. The molecule has 3 N–H and O–H groups in total. The van der Waals surface area contributed by atoms with Crippen molar-refractivity contribution in [3.63, 3.8) is 0 Å². The molecule has 1 amide bonds. The lowest BCUT2D eigenvalue weighted by atomic mass is 10.1. The predicted octanol–water partition coefficient (Wildman–Crippen LogP) is 1.71. The summed E-state index contributed by atoms with van der Waals surface area (Å²) in [6.45, 7) is 0.589. The van der Waals surface area contributed by atoms with Crippen LogP contribution in [0.3, 0.4) is 0 Å². The summed E-state index contributed by atoms with van der Waals surface area (Å²) in [5, 5.41) is 13.4. The molecule has 18 heavy (non-hydrogen) atoms. The monoisotopic (exact) mass is 249 g/mol. The SMILES string of the molecule is Nc1ccc([N+](=O)[O-])cc1C(=O)NCCC1CC1. The molecular formula is C12H15N3O3. The van der Waals surface area contributed by atoms with Gasteiger partial charge in [0.25, 0.3) is 11.6 Å². The van der Waals surface area contributed by atoms with E-state index in [4.69, 9.17) is 5.73 Å². The summed E-state index contributed by atoms with van der Waals surface area (Å²) >= 11 is 0. The number of rotatable bonds is 5. The average Bonchev–Trinajstić information content (AvgIpc) is 3.13. The second-order valence-corrected chi connectivity index (χ2v) is 4.52.